The number of Topliss-reactive ketones (excluding diaryl/α,β-unsaturated/α-hetero) is 1. The van der Waals surface area contributed by atoms with Gasteiger partial charge in [0, 0.05) is 17.4 Å². The maximum atomic E-state index is 11.4. The van der Waals surface area contributed by atoms with E-state index in [9.17, 15) is 9.59 Å². The van der Waals surface area contributed by atoms with Crippen molar-refractivity contribution in [2.75, 3.05) is 0 Å². The van der Waals surface area contributed by atoms with E-state index < -0.39 is 11.4 Å². The first-order chi connectivity index (χ1) is 7.88. The fourth-order valence-corrected chi connectivity index (χ4v) is 3.00. The van der Waals surface area contributed by atoms with E-state index in [0.717, 1.165) is 25.7 Å². The van der Waals surface area contributed by atoms with E-state index in [1.807, 2.05) is 6.92 Å². The molecule has 0 spiro atoms. The highest BCUT2D eigenvalue weighted by molar-refractivity contribution is 5.89. The number of carbonyl (C=O) groups excluding carboxylic acids is 1. The number of aliphatic carboxylic acids is 1. The normalized spacial score (nSPS) is 20.6. The van der Waals surface area contributed by atoms with E-state index in [1.165, 1.54) is 13.3 Å². The van der Waals surface area contributed by atoms with Crippen LogP contribution in [0.1, 0.15) is 52.4 Å². The number of carboxylic acids is 1. The molecule has 1 unspecified atom stereocenters. The van der Waals surface area contributed by atoms with Gasteiger partial charge in [0.1, 0.15) is 5.78 Å². The third-order valence-corrected chi connectivity index (χ3v) is 4.07. The van der Waals surface area contributed by atoms with Crippen LogP contribution in [0.5, 0.6) is 0 Å². The van der Waals surface area contributed by atoms with Crippen molar-refractivity contribution in [3.05, 3.63) is 12.2 Å². The van der Waals surface area contributed by atoms with Gasteiger partial charge in [0.25, 0.3) is 0 Å². The second-order valence-corrected chi connectivity index (χ2v) is 5.41. The summed E-state index contributed by atoms with van der Waals surface area (Å²) in [7, 11) is 0. The lowest BCUT2D eigenvalue weighted by atomic mass is 9.64. The number of rotatable bonds is 5. The SMILES string of the molecule is C=C(C(=O)O)C(C)(CC(C)=O)C1CCCCC1. The van der Waals surface area contributed by atoms with Gasteiger partial charge in [-0.1, -0.05) is 32.8 Å². The highest BCUT2D eigenvalue weighted by atomic mass is 16.4. The van der Waals surface area contributed by atoms with Crippen LogP contribution in [0.15, 0.2) is 12.2 Å². The molecule has 0 saturated heterocycles. The molecule has 0 aromatic carbocycles. The summed E-state index contributed by atoms with van der Waals surface area (Å²) in [6.45, 7) is 7.12. The summed E-state index contributed by atoms with van der Waals surface area (Å²) in [5.74, 6) is -0.649. The Hall–Kier alpha value is -1.12. The Balaban J connectivity index is 2.94. The number of hydrogen-bond donors (Lipinski definition) is 1. The number of ketones is 1. The summed E-state index contributed by atoms with van der Waals surface area (Å²) in [5.41, 5.74) is -0.377. The lowest BCUT2D eigenvalue weighted by Gasteiger charge is -2.39. The van der Waals surface area contributed by atoms with Crippen molar-refractivity contribution < 1.29 is 14.7 Å². The fraction of sp³-hybridized carbons (Fsp3) is 0.714. The summed E-state index contributed by atoms with van der Waals surface area (Å²) >= 11 is 0. The first kappa shape index (κ1) is 13.9. The molecule has 0 radical (unpaired) electrons. The molecule has 1 atom stereocenters. The van der Waals surface area contributed by atoms with Crippen LogP contribution in [-0.4, -0.2) is 16.9 Å². The van der Waals surface area contributed by atoms with Crippen molar-refractivity contribution in [2.24, 2.45) is 11.3 Å². The average molecular weight is 238 g/mol. The van der Waals surface area contributed by atoms with E-state index in [2.05, 4.69) is 6.58 Å². The summed E-state index contributed by atoms with van der Waals surface area (Å²) in [5, 5.41) is 9.15. The Labute approximate surface area is 103 Å². The van der Waals surface area contributed by atoms with Crippen molar-refractivity contribution in [3.63, 3.8) is 0 Å². The molecule has 3 heteroatoms. The van der Waals surface area contributed by atoms with Crippen LogP contribution < -0.4 is 0 Å². The van der Waals surface area contributed by atoms with Gasteiger partial charge in [-0.3, -0.25) is 4.79 Å². The second-order valence-electron chi connectivity index (χ2n) is 5.41. The Bertz CT molecular complexity index is 326. The third kappa shape index (κ3) is 3.18. The Morgan fingerprint density at radius 3 is 2.24 bits per heavy atom. The lowest BCUT2D eigenvalue weighted by molar-refractivity contribution is -0.134. The predicted molar refractivity (Wildman–Crippen MR) is 66.8 cm³/mol. The summed E-state index contributed by atoms with van der Waals surface area (Å²) in [4.78, 5) is 22.6. The molecule has 1 aliphatic rings. The minimum atomic E-state index is -0.973. The second kappa shape index (κ2) is 5.48. The molecule has 17 heavy (non-hydrogen) atoms. The van der Waals surface area contributed by atoms with E-state index in [1.54, 1.807) is 0 Å². The molecule has 0 aliphatic heterocycles. The van der Waals surface area contributed by atoms with Gasteiger partial charge >= 0.3 is 5.97 Å². The molecule has 0 heterocycles. The van der Waals surface area contributed by atoms with Crippen LogP contribution in [0.25, 0.3) is 0 Å². The molecule has 3 nitrogen and oxygen atoms in total. The molecule has 96 valence electrons. The first-order valence-electron chi connectivity index (χ1n) is 6.30. The highest BCUT2D eigenvalue weighted by Crippen LogP contribution is 2.45. The van der Waals surface area contributed by atoms with Gasteiger partial charge in [0.05, 0.1) is 0 Å². The van der Waals surface area contributed by atoms with Crippen LogP contribution in [0, 0.1) is 11.3 Å². The summed E-state index contributed by atoms with van der Waals surface area (Å²) < 4.78 is 0. The molecule has 1 saturated carbocycles. The highest BCUT2D eigenvalue weighted by Gasteiger charge is 2.40. The zero-order valence-electron chi connectivity index (χ0n) is 10.8. The van der Waals surface area contributed by atoms with E-state index >= 15 is 0 Å². The van der Waals surface area contributed by atoms with Crippen molar-refractivity contribution in [2.45, 2.75) is 52.4 Å². The number of carboxylic acid groups (broad SMARTS) is 1. The smallest absolute Gasteiger partial charge is 0.331 e. The first-order valence-corrected chi connectivity index (χ1v) is 6.30. The van der Waals surface area contributed by atoms with Crippen molar-refractivity contribution in [1.29, 1.82) is 0 Å². The largest absolute Gasteiger partial charge is 0.478 e. The third-order valence-electron chi connectivity index (χ3n) is 4.07. The van der Waals surface area contributed by atoms with Crippen molar-refractivity contribution >= 4 is 11.8 Å². The minimum Gasteiger partial charge on any atom is -0.478 e. The summed E-state index contributed by atoms with van der Waals surface area (Å²) in [6.07, 6.45) is 5.79. The topological polar surface area (TPSA) is 54.4 Å². The van der Waals surface area contributed by atoms with E-state index in [0.29, 0.717) is 6.42 Å². The Morgan fingerprint density at radius 2 is 1.82 bits per heavy atom. The standard InChI is InChI=1S/C14H22O3/c1-10(15)9-14(3,11(2)13(16)17)12-7-5-4-6-8-12/h12H,2,4-9H2,1,3H3,(H,16,17). The van der Waals surface area contributed by atoms with Crippen LogP contribution in [0.2, 0.25) is 0 Å². The number of carbonyl (C=O) groups is 2. The molecule has 0 amide bonds. The maximum Gasteiger partial charge on any atom is 0.331 e. The predicted octanol–water partition coefficient (Wildman–Crippen LogP) is 3.19. The van der Waals surface area contributed by atoms with Crippen LogP contribution in [0.3, 0.4) is 0 Å². The molecule has 0 aromatic rings. The molecule has 0 bridgehead atoms. The van der Waals surface area contributed by atoms with Gasteiger partial charge in [-0.05, 0) is 25.7 Å². The van der Waals surface area contributed by atoms with Gasteiger partial charge in [-0.2, -0.15) is 0 Å². The Morgan fingerprint density at radius 1 is 1.29 bits per heavy atom. The van der Waals surface area contributed by atoms with E-state index in [-0.39, 0.29) is 17.3 Å². The fourth-order valence-electron chi connectivity index (χ4n) is 3.00. The zero-order valence-corrected chi connectivity index (χ0v) is 10.8. The molecule has 1 aliphatic carbocycles. The monoisotopic (exact) mass is 238 g/mol. The van der Waals surface area contributed by atoms with Crippen molar-refractivity contribution in [1.82, 2.24) is 0 Å². The number of hydrogen-bond acceptors (Lipinski definition) is 2. The molecule has 1 N–H and O–H groups in total. The molecule has 1 rings (SSSR count). The maximum absolute atomic E-state index is 11.4. The molecular weight excluding hydrogens is 216 g/mol. The Kier molecular flexibility index (Phi) is 4.49. The van der Waals surface area contributed by atoms with Gasteiger partial charge in [-0.15, -0.1) is 0 Å². The molecular formula is C14H22O3. The zero-order chi connectivity index (χ0) is 13.1. The van der Waals surface area contributed by atoms with Gasteiger partial charge in [-0.25, -0.2) is 4.79 Å². The molecule has 1 fully saturated rings. The lowest BCUT2D eigenvalue weighted by Crippen LogP contribution is -2.35. The van der Waals surface area contributed by atoms with Crippen LogP contribution in [-0.2, 0) is 9.59 Å². The van der Waals surface area contributed by atoms with Crippen LogP contribution in [0.4, 0.5) is 0 Å². The van der Waals surface area contributed by atoms with Gasteiger partial charge in [0.15, 0.2) is 0 Å². The van der Waals surface area contributed by atoms with Gasteiger partial charge < -0.3 is 5.11 Å². The van der Waals surface area contributed by atoms with Crippen molar-refractivity contribution in [3.8, 4) is 0 Å². The molecule has 0 aromatic heterocycles. The summed E-state index contributed by atoms with van der Waals surface area (Å²) in [6, 6.07) is 0. The average Bonchev–Trinajstić information content (AvgIpc) is 2.28. The van der Waals surface area contributed by atoms with E-state index in [4.69, 9.17) is 5.11 Å². The quantitative estimate of drug-likeness (QED) is 0.748. The van der Waals surface area contributed by atoms with Gasteiger partial charge in [0.2, 0.25) is 0 Å². The minimum absolute atomic E-state index is 0.0421. The van der Waals surface area contributed by atoms with Crippen LogP contribution >= 0.6 is 0 Å².